The van der Waals surface area contributed by atoms with E-state index in [0.29, 0.717) is 11.4 Å². The van der Waals surface area contributed by atoms with Crippen molar-refractivity contribution in [2.45, 2.75) is 6.92 Å². The van der Waals surface area contributed by atoms with Crippen molar-refractivity contribution in [1.82, 2.24) is 5.43 Å². The molecule has 2 aromatic carbocycles. The van der Waals surface area contributed by atoms with Crippen LogP contribution in [0.1, 0.15) is 32.5 Å². The third kappa shape index (κ3) is 4.90. The number of carbonyl (C=O) groups excluding carboxylic acids is 2. The molecule has 29 heavy (non-hydrogen) atoms. The number of carbonyl (C=O) groups is 2. The zero-order chi connectivity index (χ0) is 20.8. The smallest absolute Gasteiger partial charge is 0.273 e. The molecule has 2 N–H and O–H groups in total. The molecule has 0 bridgehead atoms. The van der Waals surface area contributed by atoms with Gasteiger partial charge in [0, 0.05) is 22.6 Å². The number of nitrogens with one attached hydrogen (secondary N) is 2. The predicted octanol–water partition coefficient (Wildman–Crippen LogP) is 4.06. The van der Waals surface area contributed by atoms with E-state index in [1.807, 2.05) is 17.5 Å². The molecule has 8 nitrogen and oxygen atoms in total. The van der Waals surface area contributed by atoms with E-state index in [2.05, 4.69) is 15.8 Å². The summed E-state index contributed by atoms with van der Waals surface area (Å²) < 4.78 is 0. The normalized spacial score (nSPS) is 11.0. The van der Waals surface area contributed by atoms with Crippen LogP contribution in [0.4, 0.5) is 11.4 Å². The number of hydrogen-bond acceptors (Lipinski definition) is 6. The Morgan fingerprint density at radius 3 is 2.38 bits per heavy atom. The number of hydrazone groups is 1. The summed E-state index contributed by atoms with van der Waals surface area (Å²) in [6, 6.07) is 15.5. The highest BCUT2D eigenvalue weighted by molar-refractivity contribution is 7.12. The Morgan fingerprint density at radius 1 is 1.00 bits per heavy atom. The van der Waals surface area contributed by atoms with Crippen LogP contribution in [0.5, 0.6) is 0 Å². The molecule has 1 heterocycles. The minimum Gasteiger partial charge on any atom is -0.321 e. The van der Waals surface area contributed by atoms with Gasteiger partial charge in [-0.2, -0.15) is 5.10 Å². The molecule has 0 saturated heterocycles. The summed E-state index contributed by atoms with van der Waals surface area (Å²) in [4.78, 5) is 36.1. The fourth-order valence-corrected chi connectivity index (χ4v) is 3.13. The Hall–Kier alpha value is -3.85. The maximum Gasteiger partial charge on any atom is 0.273 e. The molecule has 0 aliphatic rings. The summed E-state index contributed by atoms with van der Waals surface area (Å²) in [6.45, 7) is 1.79. The van der Waals surface area contributed by atoms with Gasteiger partial charge < -0.3 is 5.32 Å². The van der Waals surface area contributed by atoms with Gasteiger partial charge in [0.2, 0.25) is 0 Å². The average molecular weight is 408 g/mol. The summed E-state index contributed by atoms with van der Waals surface area (Å²) >= 11 is 1.51. The first-order valence-electron chi connectivity index (χ1n) is 8.49. The molecule has 0 aliphatic heterocycles. The SMILES string of the molecule is C/C(=N\NC(=O)c1ccccc1NC(=O)c1ccc([N+](=O)[O-])cc1)c1cccs1. The van der Waals surface area contributed by atoms with Gasteiger partial charge in [-0.3, -0.25) is 19.7 Å². The molecule has 0 spiro atoms. The van der Waals surface area contributed by atoms with E-state index < -0.39 is 16.7 Å². The number of rotatable bonds is 6. The number of thiophene rings is 1. The summed E-state index contributed by atoms with van der Waals surface area (Å²) in [7, 11) is 0. The fraction of sp³-hybridized carbons (Fsp3) is 0.0500. The van der Waals surface area contributed by atoms with Gasteiger partial charge in [0.15, 0.2) is 0 Å². The molecule has 0 fully saturated rings. The highest BCUT2D eigenvalue weighted by Gasteiger charge is 2.15. The first-order valence-corrected chi connectivity index (χ1v) is 9.37. The number of non-ortho nitro benzene ring substituents is 1. The Bertz CT molecular complexity index is 1080. The van der Waals surface area contributed by atoms with Crippen LogP contribution in [0.15, 0.2) is 71.1 Å². The highest BCUT2D eigenvalue weighted by Crippen LogP contribution is 2.18. The number of para-hydroxylation sites is 1. The third-order valence-electron chi connectivity index (χ3n) is 3.96. The molecule has 1 aromatic heterocycles. The van der Waals surface area contributed by atoms with Gasteiger partial charge in [-0.25, -0.2) is 5.43 Å². The van der Waals surface area contributed by atoms with Gasteiger partial charge in [-0.15, -0.1) is 11.3 Å². The first-order chi connectivity index (χ1) is 14.0. The molecule has 0 atom stereocenters. The third-order valence-corrected chi connectivity index (χ3v) is 4.94. The van der Waals surface area contributed by atoms with Crippen LogP contribution < -0.4 is 10.7 Å². The van der Waals surface area contributed by atoms with Crippen LogP contribution in [-0.4, -0.2) is 22.4 Å². The maximum absolute atomic E-state index is 12.5. The summed E-state index contributed by atoms with van der Waals surface area (Å²) in [5.41, 5.74) is 3.82. The second-order valence-electron chi connectivity index (χ2n) is 5.92. The van der Waals surface area contributed by atoms with Crippen molar-refractivity contribution in [1.29, 1.82) is 0 Å². The van der Waals surface area contributed by atoms with Crippen molar-refractivity contribution >= 4 is 40.2 Å². The summed E-state index contributed by atoms with van der Waals surface area (Å²) in [5, 5.41) is 19.4. The number of hydrogen-bond donors (Lipinski definition) is 2. The summed E-state index contributed by atoms with van der Waals surface area (Å²) in [6.07, 6.45) is 0. The molecule has 146 valence electrons. The zero-order valence-electron chi connectivity index (χ0n) is 15.3. The Labute approximate surface area is 170 Å². The quantitative estimate of drug-likeness (QED) is 0.364. The van der Waals surface area contributed by atoms with Crippen molar-refractivity contribution in [2.24, 2.45) is 5.10 Å². The van der Waals surface area contributed by atoms with Crippen LogP contribution in [-0.2, 0) is 0 Å². The predicted molar refractivity (Wildman–Crippen MR) is 111 cm³/mol. The Kier molecular flexibility index (Phi) is 6.10. The molecule has 0 aliphatic carbocycles. The van der Waals surface area contributed by atoms with E-state index in [1.165, 1.54) is 35.6 Å². The number of nitro groups is 1. The van der Waals surface area contributed by atoms with E-state index in [0.717, 1.165) is 4.88 Å². The highest BCUT2D eigenvalue weighted by atomic mass is 32.1. The van der Waals surface area contributed by atoms with Gasteiger partial charge >= 0.3 is 0 Å². The van der Waals surface area contributed by atoms with Gasteiger partial charge in [-0.05, 0) is 42.6 Å². The lowest BCUT2D eigenvalue weighted by molar-refractivity contribution is -0.384. The van der Waals surface area contributed by atoms with Gasteiger partial charge in [0.1, 0.15) is 0 Å². The summed E-state index contributed by atoms with van der Waals surface area (Å²) in [5.74, 6) is -0.959. The first kappa shape index (κ1) is 19.9. The van der Waals surface area contributed by atoms with E-state index in [-0.39, 0.29) is 16.8 Å². The minimum absolute atomic E-state index is 0.111. The number of benzene rings is 2. The second kappa shape index (κ2) is 8.89. The Balaban J connectivity index is 1.74. The molecule has 2 amide bonds. The van der Waals surface area contributed by atoms with Crippen LogP contribution in [0.2, 0.25) is 0 Å². The number of nitro benzene ring substituents is 1. The van der Waals surface area contributed by atoms with Gasteiger partial charge in [0.25, 0.3) is 17.5 Å². The lowest BCUT2D eigenvalue weighted by Crippen LogP contribution is -2.22. The van der Waals surface area contributed by atoms with Crippen molar-refractivity contribution in [3.05, 3.63) is 92.2 Å². The van der Waals surface area contributed by atoms with Crippen LogP contribution >= 0.6 is 11.3 Å². The average Bonchev–Trinajstić information content (AvgIpc) is 3.27. The second-order valence-corrected chi connectivity index (χ2v) is 6.87. The fourth-order valence-electron chi connectivity index (χ4n) is 2.45. The van der Waals surface area contributed by atoms with Gasteiger partial charge in [0.05, 0.1) is 21.9 Å². The monoisotopic (exact) mass is 408 g/mol. The van der Waals surface area contributed by atoms with E-state index >= 15 is 0 Å². The number of anilines is 1. The molecule has 0 radical (unpaired) electrons. The standard InChI is InChI=1S/C20H16N4O4S/c1-13(18-7-4-12-29-18)22-23-20(26)16-5-2-3-6-17(16)21-19(25)14-8-10-15(11-9-14)24(27)28/h2-12H,1H3,(H,21,25)(H,23,26)/b22-13+. The molecule has 0 unspecified atom stereocenters. The Morgan fingerprint density at radius 2 is 1.72 bits per heavy atom. The topological polar surface area (TPSA) is 114 Å². The molecular formula is C20H16N4O4S. The van der Waals surface area contributed by atoms with E-state index in [9.17, 15) is 19.7 Å². The lowest BCUT2D eigenvalue weighted by Gasteiger charge is -2.10. The number of amides is 2. The van der Waals surface area contributed by atoms with Crippen LogP contribution in [0.25, 0.3) is 0 Å². The number of nitrogens with zero attached hydrogens (tertiary/aromatic N) is 2. The van der Waals surface area contributed by atoms with Crippen molar-refractivity contribution < 1.29 is 14.5 Å². The van der Waals surface area contributed by atoms with Crippen LogP contribution in [0.3, 0.4) is 0 Å². The van der Waals surface area contributed by atoms with Crippen molar-refractivity contribution in [3.63, 3.8) is 0 Å². The van der Waals surface area contributed by atoms with E-state index in [1.54, 1.807) is 31.2 Å². The van der Waals surface area contributed by atoms with Crippen LogP contribution in [0, 0.1) is 10.1 Å². The minimum atomic E-state index is -0.542. The van der Waals surface area contributed by atoms with Crippen molar-refractivity contribution in [3.8, 4) is 0 Å². The largest absolute Gasteiger partial charge is 0.321 e. The lowest BCUT2D eigenvalue weighted by atomic mass is 10.1. The van der Waals surface area contributed by atoms with Gasteiger partial charge in [-0.1, -0.05) is 18.2 Å². The molecule has 3 aromatic rings. The van der Waals surface area contributed by atoms with E-state index in [4.69, 9.17) is 0 Å². The van der Waals surface area contributed by atoms with Crippen molar-refractivity contribution in [2.75, 3.05) is 5.32 Å². The molecular weight excluding hydrogens is 392 g/mol. The maximum atomic E-state index is 12.5. The molecule has 9 heteroatoms. The molecule has 0 saturated carbocycles. The molecule has 3 rings (SSSR count). The zero-order valence-corrected chi connectivity index (χ0v) is 16.1.